The number of aromatic nitrogens is 1. The first kappa shape index (κ1) is 29.8. The zero-order chi connectivity index (χ0) is 30.0. The van der Waals surface area contributed by atoms with E-state index in [-0.39, 0.29) is 36.8 Å². The Morgan fingerprint density at radius 2 is 1.95 bits per heavy atom. The number of ether oxygens (including phenoxy) is 3. The summed E-state index contributed by atoms with van der Waals surface area (Å²) in [6.07, 6.45) is 5.72. The van der Waals surface area contributed by atoms with Gasteiger partial charge in [-0.1, -0.05) is 6.92 Å². The molecule has 0 spiro atoms. The summed E-state index contributed by atoms with van der Waals surface area (Å²) >= 11 is -1.55. The number of nitrogens with zero attached hydrogens (tertiary/aromatic N) is 4. The van der Waals surface area contributed by atoms with Gasteiger partial charge in [-0.15, -0.1) is 4.31 Å². The van der Waals surface area contributed by atoms with E-state index in [2.05, 4.69) is 9.88 Å². The zero-order valence-electron chi connectivity index (χ0n) is 24.2. The summed E-state index contributed by atoms with van der Waals surface area (Å²) in [5, 5.41) is 0. The van der Waals surface area contributed by atoms with Crippen molar-refractivity contribution in [3.63, 3.8) is 0 Å². The summed E-state index contributed by atoms with van der Waals surface area (Å²) in [6, 6.07) is 9.61. The van der Waals surface area contributed by atoms with Crippen LogP contribution in [0.4, 0.5) is 15.9 Å². The molecular weight excluding hydrogens is 573 g/mol. The number of pyridine rings is 1. The Bertz CT molecular complexity index is 1420. The van der Waals surface area contributed by atoms with Crippen LogP contribution in [-0.4, -0.2) is 84.7 Å². The summed E-state index contributed by atoms with van der Waals surface area (Å²) in [6.45, 7) is 6.79. The molecule has 4 heterocycles. The summed E-state index contributed by atoms with van der Waals surface area (Å²) < 4.78 is 45.9. The Labute approximate surface area is 253 Å². The molecule has 3 saturated heterocycles. The number of rotatable bonds is 7. The van der Waals surface area contributed by atoms with Crippen molar-refractivity contribution in [3.05, 3.63) is 71.8 Å². The van der Waals surface area contributed by atoms with Crippen LogP contribution in [0.3, 0.4) is 0 Å². The van der Waals surface area contributed by atoms with Crippen molar-refractivity contribution in [1.29, 1.82) is 0 Å². The van der Waals surface area contributed by atoms with Crippen molar-refractivity contribution in [2.75, 3.05) is 64.1 Å². The molecule has 1 aromatic heterocycles. The fraction of sp³-hybridized carbons (Fsp3) is 0.452. The van der Waals surface area contributed by atoms with Gasteiger partial charge in [-0.3, -0.25) is 4.79 Å². The molecule has 2 atom stereocenters. The van der Waals surface area contributed by atoms with Gasteiger partial charge in [-0.05, 0) is 66.6 Å². The highest BCUT2D eigenvalue weighted by Crippen LogP contribution is 2.47. The maximum Gasteiger partial charge on any atom is 0.318 e. The summed E-state index contributed by atoms with van der Waals surface area (Å²) in [4.78, 5) is 26.0. The predicted molar refractivity (Wildman–Crippen MR) is 161 cm³/mol. The van der Waals surface area contributed by atoms with Crippen LogP contribution in [0.15, 0.2) is 75.9 Å². The minimum absolute atomic E-state index is 0.184. The molecule has 3 aliphatic heterocycles. The molecule has 0 saturated carbocycles. The van der Waals surface area contributed by atoms with Gasteiger partial charge in [0.25, 0.3) is 0 Å². The number of anilines is 1. The molecule has 1 unspecified atom stereocenters. The fourth-order valence-corrected chi connectivity index (χ4v) is 7.07. The molecule has 3 fully saturated rings. The van der Waals surface area contributed by atoms with Gasteiger partial charge < -0.3 is 29.4 Å². The molecule has 0 radical (unpaired) electrons. The highest BCUT2D eigenvalue weighted by molar-refractivity contribution is 7.89. The van der Waals surface area contributed by atoms with Crippen molar-refractivity contribution in [2.45, 2.75) is 24.7 Å². The Hall–Kier alpha value is -3.29. The molecule has 43 heavy (non-hydrogen) atoms. The first-order valence-corrected chi connectivity index (χ1v) is 15.6. The van der Waals surface area contributed by atoms with E-state index in [0.29, 0.717) is 61.3 Å². The molecule has 10 nitrogen and oxygen atoms in total. The van der Waals surface area contributed by atoms with Crippen LogP contribution in [0, 0.1) is 16.6 Å². The number of halogens is 1. The second kappa shape index (κ2) is 12.4. The summed E-state index contributed by atoms with van der Waals surface area (Å²) in [5.74, 6) is 0.0909. The van der Waals surface area contributed by atoms with Crippen LogP contribution in [0.2, 0.25) is 0 Å². The van der Waals surface area contributed by atoms with Crippen molar-refractivity contribution < 1.29 is 27.9 Å². The SMILES string of the molecule is CC1(COC(=O)[C@]23CC(=CN)C(=Nc4ccc(F)cc4)C=C2CCN([S+]([O-])c2ccc(N4CCOCC4)nc2)C3)COC1. The Balaban J connectivity index is 1.28. The van der Waals surface area contributed by atoms with Crippen molar-refractivity contribution in [1.82, 2.24) is 9.29 Å². The standard InChI is InChI=1S/C31H36FN5O5S/c1-30(19-41-20-30)21-42-29(38)31-15-22(16-33)27(35-25-4-2-24(32)3-5-25)14-23(31)8-9-37(18-31)43(39)26-6-7-28(34-17-26)36-10-12-40-13-11-36/h2-7,14,16-17H,8-13,15,18-21,33H2,1H3/t31-,43?/m0/s1. The van der Waals surface area contributed by atoms with E-state index in [1.165, 1.54) is 18.3 Å². The van der Waals surface area contributed by atoms with Crippen molar-refractivity contribution in [2.24, 2.45) is 21.6 Å². The number of piperidine rings is 1. The molecule has 6 rings (SSSR count). The van der Waals surface area contributed by atoms with Crippen LogP contribution in [0.5, 0.6) is 0 Å². The topological polar surface area (TPSA) is 126 Å². The number of fused-ring (bicyclic) bond motifs is 1. The Morgan fingerprint density at radius 3 is 2.60 bits per heavy atom. The quantitative estimate of drug-likeness (QED) is 0.372. The number of morpholine rings is 1. The third kappa shape index (κ3) is 6.20. The third-order valence-corrected chi connectivity index (χ3v) is 9.86. The van der Waals surface area contributed by atoms with Gasteiger partial charge in [0.1, 0.15) is 23.7 Å². The fourth-order valence-electron chi connectivity index (χ4n) is 5.85. The van der Waals surface area contributed by atoms with Crippen LogP contribution >= 0.6 is 0 Å². The molecule has 4 aliphatic rings. The monoisotopic (exact) mass is 609 g/mol. The molecule has 2 aromatic rings. The molecule has 228 valence electrons. The second-order valence-electron chi connectivity index (χ2n) is 11.8. The highest BCUT2D eigenvalue weighted by Gasteiger charge is 2.53. The minimum atomic E-state index is -1.55. The zero-order valence-corrected chi connectivity index (χ0v) is 25.0. The van der Waals surface area contributed by atoms with Gasteiger partial charge in [0.15, 0.2) is 4.90 Å². The normalized spacial score (nSPS) is 26.4. The molecule has 2 N–H and O–H groups in total. The van der Waals surface area contributed by atoms with Gasteiger partial charge in [-0.25, -0.2) is 14.4 Å². The average Bonchev–Trinajstić information content (AvgIpc) is 3.03. The molecule has 0 amide bonds. The third-order valence-electron chi connectivity index (χ3n) is 8.44. The maximum atomic E-state index is 14.0. The van der Waals surface area contributed by atoms with Gasteiger partial charge >= 0.3 is 5.97 Å². The van der Waals surface area contributed by atoms with Gasteiger partial charge in [-0.2, -0.15) is 0 Å². The van der Waals surface area contributed by atoms with Gasteiger partial charge in [0.2, 0.25) is 0 Å². The molecule has 1 aromatic carbocycles. The second-order valence-corrected chi connectivity index (χ2v) is 13.3. The molecule has 1 aliphatic carbocycles. The van der Waals surface area contributed by atoms with Crippen molar-refractivity contribution >= 4 is 34.5 Å². The van der Waals surface area contributed by atoms with Crippen LogP contribution in [0.1, 0.15) is 19.8 Å². The maximum absolute atomic E-state index is 14.0. The van der Waals surface area contributed by atoms with E-state index < -0.39 is 16.8 Å². The lowest BCUT2D eigenvalue weighted by molar-refractivity contribution is -0.174. The lowest BCUT2D eigenvalue weighted by Gasteiger charge is -2.45. The van der Waals surface area contributed by atoms with E-state index in [0.717, 1.165) is 24.5 Å². The summed E-state index contributed by atoms with van der Waals surface area (Å²) in [7, 11) is 0. The van der Waals surface area contributed by atoms with E-state index in [4.69, 9.17) is 24.9 Å². The number of esters is 1. The van der Waals surface area contributed by atoms with E-state index in [1.54, 1.807) is 18.3 Å². The minimum Gasteiger partial charge on any atom is -0.593 e. The first-order chi connectivity index (χ1) is 20.8. The predicted octanol–water partition coefficient (Wildman–Crippen LogP) is 3.30. The number of hydrogen-bond acceptors (Lipinski definition) is 10. The average molecular weight is 610 g/mol. The largest absolute Gasteiger partial charge is 0.593 e. The number of carbonyl (C=O) groups excluding carboxylic acids is 1. The highest BCUT2D eigenvalue weighted by atomic mass is 32.2. The Morgan fingerprint density at radius 1 is 1.19 bits per heavy atom. The lowest BCUT2D eigenvalue weighted by atomic mass is 9.67. The number of allylic oxidation sites excluding steroid dienone is 2. The van der Waals surface area contributed by atoms with Gasteiger partial charge in [0.05, 0.1) is 61.9 Å². The number of hydrogen-bond donors (Lipinski definition) is 1. The number of nitrogens with two attached hydrogens (primary N) is 1. The van der Waals surface area contributed by atoms with E-state index in [1.807, 2.05) is 29.4 Å². The van der Waals surface area contributed by atoms with Crippen LogP contribution < -0.4 is 10.6 Å². The van der Waals surface area contributed by atoms with Crippen LogP contribution in [-0.2, 0) is 30.4 Å². The number of carbonyl (C=O) groups is 1. The summed E-state index contributed by atoms with van der Waals surface area (Å²) in [5.41, 5.74) is 7.48. The van der Waals surface area contributed by atoms with Crippen molar-refractivity contribution in [3.8, 4) is 0 Å². The smallest absolute Gasteiger partial charge is 0.318 e. The first-order valence-electron chi connectivity index (χ1n) is 14.5. The molecule has 12 heteroatoms. The van der Waals surface area contributed by atoms with E-state index >= 15 is 0 Å². The Kier molecular flexibility index (Phi) is 8.56. The number of aliphatic imine (C=N–C) groups is 1. The van der Waals surface area contributed by atoms with Crippen LogP contribution in [0.25, 0.3) is 0 Å². The lowest BCUT2D eigenvalue weighted by Crippen LogP contribution is -2.54. The van der Waals surface area contributed by atoms with Gasteiger partial charge in [0, 0.05) is 31.1 Å². The van der Waals surface area contributed by atoms with E-state index in [9.17, 15) is 13.7 Å². The number of benzene rings is 1. The molecule has 0 bridgehead atoms. The molecular formula is C31H36FN5O5S.